The summed E-state index contributed by atoms with van der Waals surface area (Å²) in [6.45, 7) is 3.32. The van der Waals surface area contributed by atoms with Crippen LogP contribution in [0.4, 0.5) is 5.82 Å². The number of unbranched alkanes of at least 4 members (excludes halogenated alkanes) is 2. The zero-order chi connectivity index (χ0) is 24.5. The topological polar surface area (TPSA) is 158 Å². The van der Waals surface area contributed by atoms with Crippen molar-refractivity contribution in [3.8, 4) is 0 Å². The smallest absolute Gasteiger partial charge is 0.236 e. The van der Waals surface area contributed by atoms with Gasteiger partial charge in [-0.25, -0.2) is 9.97 Å². The molecule has 0 aliphatic heterocycles. The summed E-state index contributed by atoms with van der Waals surface area (Å²) in [5.74, 6) is 0.437. The van der Waals surface area contributed by atoms with Gasteiger partial charge in [0.1, 0.15) is 11.3 Å². The van der Waals surface area contributed by atoms with E-state index in [9.17, 15) is 14.4 Å². The summed E-state index contributed by atoms with van der Waals surface area (Å²) in [5, 5.41) is 5.24. The molecule has 0 radical (unpaired) electrons. The number of anilines is 1. The predicted octanol–water partition coefficient (Wildman–Crippen LogP) is 1.51. The van der Waals surface area contributed by atoms with E-state index in [1.165, 1.54) is 5.56 Å². The molecule has 2 aromatic rings. The number of imidazole rings is 1. The lowest BCUT2D eigenvalue weighted by Gasteiger charge is -2.18. The molecular weight excluding hydrogens is 434 g/mol. The first-order chi connectivity index (χ1) is 16.4. The molecular formula is C24H37N7O3. The molecule has 34 heavy (non-hydrogen) atoms. The molecule has 3 rings (SSSR count). The molecule has 2 heterocycles. The van der Waals surface area contributed by atoms with Crippen LogP contribution in [-0.2, 0) is 40.2 Å². The van der Waals surface area contributed by atoms with Crippen LogP contribution in [0.1, 0.15) is 75.4 Å². The van der Waals surface area contributed by atoms with Crippen LogP contribution in [0.5, 0.6) is 0 Å². The van der Waals surface area contributed by atoms with Crippen LogP contribution in [-0.4, -0.2) is 45.3 Å². The van der Waals surface area contributed by atoms with E-state index in [-0.39, 0.29) is 31.2 Å². The molecule has 0 saturated carbocycles. The number of carbonyl (C=O) groups excluding carboxylic acids is 3. The Bertz CT molecular complexity index is 1030. The third-order valence-electron chi connectivity index (χ3n) is 6.19. The van der Waals surface area contributed by atoms with Gasteiger partial charge >= 0.3 is 0 Å². The van der Waals surface area contributed by atoms with Gasteiger partial charge in [0, 0.05) is 38.0 Å². The summed E-state index contributed by atoms with van der Waals surface area (Å²) in [4.78, 5) is 43.8. The molecule has 0 bridgehead atoms. The van der Waals surface area contributed by atoms with Crippen LogP contribution in [0, 0.1) is 0 Å². The van der Waals surface area contributed by atoms with Crippen molar-refractivity contribution >= 4 is 34.6 Å². The van der Waals surface area contributed by atoms with Gasteiger partial charge in [-0.05, 0) is 50.5 Å². The van der Waals surface area contributed by atoms with E-state index < -0.39 is 5.91 Å². The minimum Gasteiger partial charge on any atom is -0.382 e. The Labute approximate surface area is 200 Å². The number of hydrogen-bond donors (Lipinski definition) is 4. The van der Waals surface area contributed by atoms with Crippen LogP contribution < -0.4 is 22.1 Å². The number of nitrogen functional groups attached to an aromatic ring is 1. The van der Waals surface area contributed by atoms with Crippen molar-refractivity contribution in [3.63, 3.8) is 0 Å². The van der Waals surface area contributed by atoms with Gasteiger partial charge in [0.15, 0.2) is 5.82 Å². The van der Waals surface area contributed by atoms with Gasteiger partial charge in [0.25, 0.3) is 0 Å². The van der Waals surface area contributed by atoms with E-state index in [0.717, 1.165) is 86.9 Å². The molecule has 0 saturated heterocycles. The molecule has 1 aliphatic rings. The van der Waals surface area contributed by atoms with Gasteiger partial charge in [-0.3, -0.25) is 14.4 Å². The number of rotatable bonds is 13. The lowest BCUT2D eigenvalue weighted by Crippen LogP contribution is -2.34. The number of fused-ring (bicyclic) bond motifs is 3. The maximum absolute atomic E-state index is 12.0. The largest absolute Gasteiger partial charge is 0.382 e. The lowest BCUT2D eigenvalue weighted by molar-refractivity contribution is -0.127. The molecule has 0 atom stereocenters. The Morgan fingerprint density at radius 2 is 1.74 bits per heavy atom. The van der Waals surface area contributed by atoms with Crippen LogP contribution in [0.15, 0.2) is 0 Å². The number of nitrogens with one attached hydrogen (secondary N) is 2. The zero-order valence-corrected chi connectivity index (χ0v) is 20.1. The van der Waals surface area contributed by atoms with Gasteiger partial charge in [-0.2, -0.15) is 0 Å². The minimum absolute atomic E-state index is 0.0293. The minimum atomic E-state index is -0.610. The molecule has 0 aromatic carbocycles. The van der Waals surface area contributed by atoms with E-state index >= 15 is 0 Å². The number of hydrogen-bond acceptors (Lipinski definition) is 6. The second-order valence-corrected chi connectivity index (χ2v) is 8.91. The van der Waals surface area contributed by atoms with E-state index in [1.807, 2.05) is 0 Å². The SMILES string of the molecule is CCCCc1nc2c(N)nc3c(c2n1CCCCNC(=O)CCC(=O)NCC(N)=O)CCCC3. The third kappa shape index (κ3) is 6.68. The Morgan fingerprint density at radius 3 is 2.47 bits per heavy atom. The van der Waals surface area contributed by atoms with Crippen LogP contribution in [0.3, 0.4) is 0 Å². The highest BCUT2D eigenvalue weighted by atomic mass is 16.2. The normalized spacial score (nSPS) is 13.0. The van der Waals surface area contributed by atoms with Crippen molar-refractivity contribution in [1.29, 1.82) is 0 Å². The number of primary amides is 1. The molecule has 186 valence electrons. The first-order valence-corrected chi connectivity index (χ1v) is 12.4. The van der Waals surface area contributed by atoms with Crippen molar-refractivity contribution in [2.24, 2.45) is 5.73 Å². The average molecular weight is 472 g/mol. The van der Waals surface area contributed by atoms with Gasteiger partial charge in [-0.15, -0.1) is 0 Å². The highest BCUT2D eigenvalue weighted by Crippen LogP contribution is 2.32. The molecule has 3 amide bonds. The summed E-state index contributed by atoms with van der Waals surface area (Å²) in [6.07, 6.45) is 9.19. The Hall–Kier alpha value is -3.17. The fourth-order valence-corrected chi connectivity index (χ4v) is 4.43. The molecule has 1 aliphatic carbocycles. The number of amides is 3. The molecule has 6 N–H and O–H groups in total. The summed E-state index contributed by atoms with van der Waals surface area (Å²) in [6, 6.07) is 0. The van der Waals surface area contributed by atoms with Crippen molar-refractivity contribution in [3.05, 3.63) is 17.1 Å². The van der Waals surface area contributed by atoms with Gasteiger partial charge < -0.3 is 26.7 Å². The second kappa shape index (κ2) is 12.3. The quantitative estimate of drug-likeness (QED) is 0.324. The van der Waals surface area contributed by atoms with Crippen LogP contribution >= 0.6 is 0 Å². The molecule has 10 nitrogen and oxygen atoms in total. The highest BCUT2D eigenvalue weighted by molar-refractivity contribution is 5.89. The molecule has 10 heteroatoms. The van der Waals surface area contributed by atoms with Crippen molar-refractivity contribution < 1.29 is 14.4 Å². The van der Waals surface area contributed by atoms with Gasteiger partial charge in [-0.1, -0.05) is 13.3 Å². The maximum atomic E-state index is 12.0. The maximum Gasteiger partial charge on any atom is 0.236 e. The van der Waals surface area contributed by atoms with Crippen molar-refractivity contribution in [1.82, 2.24) is 25.2 Å². The van der Waals surface area contributed by atoms with Crippen molar-refractivity contribution in [2.75, 3.05) is 18.8 Å². The lowest BCUT2D eigenvalue weighted by atomic mass is 9.95. The number of carbonyl (C=O) groups is 3. The Morgan fingerprint density at radius 1 is 1.00 bits per heavy atom. The molecule has 0 fully saturated rings. The Kier molecular flexibility index (Phi) is 9.24. The molecule has 0 spiro atoms. The number of pyridine rings is 1. The van der Waals surface area contributed by atoms with E-state index in [0.29, 0.717) is 12.4 Å². The third-order valence-corrected chi connectivity index (χ3v) is 6.19. The van der Waals surface area contributed by atoms with Gasteiger partial charge in [0.05, 0.1) is 12.1 Å². The van der Waals surface area contributed by atoms with E-state index in [2.05, 4.69) is 27.1 Å². The molecule has 2 aromatic heterocycles. The first kappa shape index (κ1) is 25.5. The van der Waals surface area contributed by atoms with Crippen LogP contribution in [0.2, 0.25) is 0 Å². The summed E-state index contributed by atoms with van der Waals surface area (Å²) in [5.41, 5.74) is 15.7. The fourth-order valence-electron chi connectivity index (χ4n) is 4.43. The average Bonchev–Trinajstić information content (AvgIpc) is 3.19. The first-order valence-electron chi connectivity index (χ1n) is 12.4. The van der Waals surface area contributed by atoms with E-state index in [4.69, 9.17) is 16.5 Å². The van der Waals surface area contributed by atoms with E-state index in [1.54, 1.807) is 0 Å². The Balaban J connectivity index is 1.56. The van der Waals surface area contributed by atoms with Crippen LogP contribution in [0.25, 0.3) is 11.0 Å². The van der Waals surface area contributed by atoms with Gasteiger partial charge in [0.2, 0.25) is 17.7 Å². The fraction of sp³-hybridized carbons (Fsp3) is 0.625. The number of nitrogens with two attached hydrogens (primary N) is 2. The standard InChI is InChI=1S/C24H37N7O3/c1-2-3-10-19-30-22-23(16-8-4-5-9-17(16)29-24(22)26)31(19)14-7-6-13-27-20(33)11-12-21(34)28-15-18(25)32/h2-15H2,1H3,(H2,25,32)(H2,26,29)(H,27,33)(H,28,34). The number of nitrogens with zero attached hydrogens (tertiary/aromatic N) is 3. The highest BCUT2D eigenvalue weighted by Gasteiger charge is 2.22. The molecule has 0 unspecified atom stereocenters. The van der Waals surface area contributed by atoms with Crippen molar-refractivity contribution in [2.45, 2.75) is 84.1 Å². The zero-order valence-electron chi connectivity index (χ0n) is 20.1. The second-order valence-electron chi connectivity index (χ2n) is 8.91. The monoisotopic (exact) mass is 471 g/mol. The number of aromatic nitrogens is 3. The summed E-state index contributed by atoms with van der Waals surface area (Å²) < 4.78 is 2.33. The summed E-state index contributed by atoms with van der Waals surface area (Å²) in [7, 11) is 0. The summed E-state index contributed by atoms with van der Waals surface area (Å²) >= 11 is 0. The predicted molar refractivity (Wildman–Crippen MR) is 131 cm³/mol. The number of aryl methyl sites for hydroxylation is 4.